The Bertz CT molecular complexity index is 1760. The highest BCUT2D eigenvalue weighted by atomic mass is 31.2. The molecule has 528 valence electrons. The zero-order chi connectivity index (χ0) is 66.1. The van der Waals surface area contributed by atoms with E-state index in [-0.39, 0.29) is 25.7 Å². The van der Waals surface area contributed by atoms with Gasteiger partial charge in [0.25, 0.3) is 0 Å². The van der Waals surface area contributed by atoms with E-state index in [4.69, 9.17) is 37.0 Å². The van der Waals surface area contributed by atoms with Gasteiger partial charge in [-0.1, -0.05) is 293 Å². The van der Waals surface area contributed by atoms with Gasteiger partial charge >= 0.3 is 39.5 Å². The second-order valence-corrected chi connectivity index (χ2v) is 30.1. The van der Waals surface area contributed by atoms with E-state index < -0.39 is 97.5 Å². The van der Waals surface area contributed by atoms with Crippen LogP contribution in [0.4, 0.5) is 0 Å². The topological polar surface area (TPSA) is 237 Å². The van der Waals surface area contributed by atoms with Crippen LogP contribution in [-0.2, 0) is 65.4 Å². The molecule has 0 heterocycles. The third kappa shape index (κ3) is 64.6. The Balaban J connectivity index is 5.21. The Hall–Kier alpha value is -1.94. The number of phosphoric ester groups is 2. The molecule has 0 aliphatic heterocycles. The van der Waals surface area contributed by atoms with Gasteiger partial charge in [-0.15, -0.1) is 0 Å². The molecule has 5 atom stereocenters. The monoisotopic (exact) mass is 1310 g/mol. The summed E-state index contributed by atoms with van der Waals surface area (Å²) in [6.45, 7) is 14.0. The van der Waals surface area contributed by atoms with E-state index in [9.17, 15) is 43.2 Å². The van der Waals surface area contributed by atoms with Crippen LogP contribution < -0.4 is 0 Å². The maximum absolute atomic E-state index is 13.0. The van der Waals surface area contributed by atoms with Crippen LogP contribution in [0.3, 0.4) is 0 Å². The zero-order valence-electron chi connectivity index (χ0n) is 58.1. The molecule has 0 bridgehead atoms. The first-order chi connectivity index (χ1) is 42.6. The highest BCUT2D eigenvalue weighted by molar-refractivity contribution is 7.47. The molecule has 3 N–H and O–H groups in total. The van der Waals surface area contributed by atoms with Gasteiger partial charge in [0.1, 0.15) is 19.3 Å². The molecule has 0 saturated heterocycles. The van der Waals surface area contributed by atoms with Gasteiger partial charge in [-0.25, -0.2) is 9.13 Å². The Morgan fingerprint density at radius 2 is 0.472 bits per heavy atom. The fourth-order valence-electron chi connectivity index (χ4n) is 10.5. The number of rotatable bonds is 67. The molecule has 0 aliphatic carbocycles. The minimum absolute atomic E-state index is 0.103. The lowest BCUT2D eigenvalue weighted by Crippen LogP contribution is -2.30. The average molecular weight is 1310 g/mol. The molecule has 2 unspecified atom stereocenters. The molecule has 0 aromatic carbocycles. The fraction of sp³-hybridized carbons (Fsp3) is 0.943. The maximum Gasteiger partial charge on any atom is 0.472 e. The summed E-state index contributed by atoms with van der Waals surface area (Å²) in [5, 5.41) is 10.6. The predicted octanol–water partition coefficient (Wildman–Crippen LogP) is 19.7. The molecule has 0 saturated carbocycles. The number of carbonyl (C=O) groups is 4. The smallest absolute Gasteiger partial charge is 0.462 e. The van der Waals surface area contributed by atoms with Crippen molar-refractivity contribution in [2.24, 2.45) is 23.7 Å². The lowest BCUT2D eigenvalue weighted by molar-refractivity contribution is -0.161. The molecule has 0 fully saturated rings. The van der Waals surface area contributed by atoms with Crippen molar-refractivity contribution >= 4 is 39.5 Å². The summed E-state index contributed by atoms with van der Waals surface area (Å²) in [5.74, 6) is 0.800. The quantitative estimate of drug-likeness (QED) is 0.0222. The Morgan fingerprint density at radius 3 is 0.697 bits per heavy atom. The third-order valence-corrected chi connectivity index (χ3v) is 18.0. The summed E-state index contributed by atoms with van der Waals surface area (Å²) in [4.78, 5) is 72.5. The molecule has 17 nitrogen and oxygen atoms in total. The van der Waals surface area contributed by atoms with E-state index in [1.54, 1.807) is 0 Å². The first kappa shape index (κ1) is 87.1. The van der Waals surface area contributed by atoms with Crippen molar-refractivity contribution in [1.82, 2.24) is 0 Å². The van der Waals surface area contributed by atoms with Crippen LogP contribution in [0.5, 0.6) is 0 Å². The molecule has 0 spiro atoms. The number of hydrogen-bond acceptors (Lipinski definition) is 15. The van der Waals surface area contributed by atoms with Crippen molar-refractivity contribution < 1.29 is 80.2 Å². The SMILES string of the molecule is CC(C)CCCCCCCCCCCCCCCC(=O)O[C@H](COC(=O)CCCCCCCCC(C)C)COP(=O)(O)OC[C@H](O)COP(=O)(O)OC[C@@H](COC(=O)CCCCCCCCCCCCCC(C)C)OC(=O)CCCCCCCCCC(C)C. The lowest BCUT2D eigenvalue weighted by atomic mass is 10.0. The normalized spacial score (nSPS) is 14.3. The Labute approximate surface area is 543 Å². The zero-order valence-corrected chi connectivity index (χ0v) is 59.8. The van der Waals surface area contributed by atoms with Gasteiger partial charge in [0.05, 0.1) is 26.4 Å². The summed E-state index contributed by atoms with van der Waals surface area (Å²) >= 11 is 0. The number of ether oxygens (including phenoxy) is 4. The summed E-state index contributed by atoms with van der Waals surface area (Å²) in [6, 6.07) is 0. The van der Waals surface area contributed by atoms with Crippen molar-refractivity contribution in [1.29, 1.82) is 0 Å². The fourth-order valence-corrected chi connectivity index (χ4v) is 12.1. The van der Waals surface area contributed by atoms with E-state index in [0.29, 0.717) is 37.5 Å². The summed E-state index contributed by atoms with van der Waals surface area (Å²) < 4.78 is 68.2. The molecule has 19 heteroatoms. The summed E-state index contributed by atoms with van der Waals surface area (Å²) in [5.41, 5.74) is 0. The van der Waals surface area contributed by atoms with Crippen LogP contribution in [-0.4, -0.2) is 96.7 Å². The van der Waals surface area contributed by atoms with Gasteiger partial charge in [0.2, 0.25) is 0 Å². The van der Waals surface area contributed by atoms with E-state index in [2.05, 4.69) is 55.4 Å². The molecule has 0 radical (unpaired) electrons. The summed E-state index contributed by atoms with van der Waals surface area (Å²) in [7, 11) is -9.90. The van der Waals surface area contributed by atoms with Crippen molar-refractivity contribution in [3.8, 4) is 0 Å². The van der Waals surface area contributed by atoms with Gasteiger partial charge in [0.15, 0.2) is 12.2 Å². The van der Waals surface area contributed by atoms with Crippen molar-refractivity contribution in [3.05, 3.63) is 0 Å². The lowest BCUT2D eigenvalue weighted by Gasteiger charge is -2.21. The van der Waals surface area contributed by atoms with Gasteiger partial charge < -0.3 is 33.8 Å². The number of esters is 4. The van der Waals surface area contributed by atoms with Crippen LogP contribution in [0, 0.1) is 23.7 Å². The second kappa shape index (κ2) is 59.8. The number of phosphoric acid groups is 2. The van der Waals surface area contributed by atoms with Gasteiger partial charge in [-0.2, -0.15) is 0 Å². The molecule has 0 rings (SSSR count). The minimum atomic E-state index is -4.95. The molecular weight excluding hydrogens is 1170 g/mol. The Morgan fingerprint density at radius 1 is 0.281 bits per heavy atom. The molecule has 0 amide bonds. The first-order valence-electron chi connectivity index (χ1n) is 36.2. The number of hydrogen-bond donors (Lipinski definition) is 3. The van der Waals surface area contributed by atoms with E-state index in [1.807, 2.05) is 0 Å². The van der Waals surface area contributed by atoms with E-state index in [0.717, 1.165) is 108 Å². The predicted molar refractivity (Wildman–Crippen MR) is 358 cm³/mol. The molecular formula is C70H136O17P2. The van der Waals surface area contributed by atoms with Crippen molar-refractivity contribution in [2.45, 2.75) is 363 Å². The highest BCUT2D eigenvalue weighted by Crippen LogP contribution is 2.45. The molecule has 0 aromatic rings. The minimum Gasteiger partial charge on any atom is -0.462 e. The molecule has 0 aromatic heterocycles. The van der Waals surface area contributed by atoms with Gasteiger partial charge in [-0.3, -0.25) is 37.3 Å². The third-order valence-electron chi connectivity index (χ3n) is 16.1. The van der Waals surface area contributed by atoms with Crippen molar-refractivity contribution in [2.75, 3.05) is 39.6 Å². The highest BCUT2D eigenvalue weighted by Gasteiger charge is 2.30. The van der Waals surface area contributed by atoms with Gasteiger partial charge in [0, 0.05) is 25.7 Å². The second-order valence-electron chi connectivity index (χ2n) is 27.2. The van der Waals surface area contributed by atoms with Crippen LogP contribution >= 0.6 is 15.6 Å². The maximum atomic E-state index is 13.0. The van der Waals surface area contributed by atoms with Crippen LogP contribution in [0.1, 0.15) is 344 Å². The van der Waals surface area contributed by atoms with Crippen LogP contribution in [0.15, 0.2) is 0 Å². The largest absolute Gasteiger partial charge is 0.472 e. The van der Waals surface area contributed by atoms with E-state index in [1.165, 1.54) is 141 Å². The molecule has 89 heavy (non-hydrogen) atoms. The van der Waals surface area contributed by atoms with Gasteiger partial charge in [-0.05, 0) is 49.4 Å². The van der Waals surface area contributed by atoms with Crippen LogP contribution in [0.2, 0.25) is 0 Å². The number of carbonyl (C=O) groups excluding carboxylic acids is 4. The number of aliphatic hydroxyl groups is 1. The molecule has 0 aliphatic rings. The number of aliphatic hydroxyl groups excluding tert-OH is 1. The van der Waals surface area contributed by atoms with E-state index >= 15 is 0 Å². The van der Waals surface area contributed by atoms with Crippen molar-refractivity contribution in [3.63, 3.8) is 0 Å². The number of unbranched alkanes of at least 4 members (excludes halogenated alkanes) is 33. The standard InChI is InChI=1S/C70H136O17P2/c1-60(2)46-38-30-22-17-13-10-9-11-15-20-26-36-44-52-69(74)86-66(57-81-68(73)51-43-35-29-28-33-41-49-63(7)8)59-85-89(78,79)83-55-64(71)54-82-88(76,77)84-58-65(87-70(75)53-45-37-27-21-24-32-40-48-62(5)6)56-80-67(72)50-42-34-25-19-16-12-14-18-23-31-39-47-61(3)4/h60-66,71H,9-59H2,1-8H3,(H,76,77)(H,78,79)/t64-,65-,66-/m1/s1. The summed E-state index contributed by atoms with van der Waals surface area (Å²) in [6.07, 6.45) is 41.9. The van der Waals surface area contributed by atoms with Crippen LogP contribution in [0.25, 0.3) is 0 Å². The average Bonchev–Trinajstić information content (AvgIpc) is 3.62. The Kier molecular flexibility index (Phi) is 58.5. The first-order valence-corrected chi connectivity index (χ1v) is 39.2.